The van der Waals surface area contributed by atoms with Crippen LogP contribution in [-0.4, -0.2) is 35.8 Å². The van der Waals surface area contributed by atoms with E-state index < -0.39 is 35.5 Å². The number of phenols is 1. The Morgan fingerprint density at radius 3 is 1.62 bits per heavy atom. The van der Waals surface area contributed by atoms with E-state index in [1.165, 1.54) is 16.9 Å². The van der Waals surface area contributed by atoms with E-state index in [2.05, 4.69) is 10.6 Å². The molecule has 0 radical (unpaired) electrons. The van der Waals surface area contributed by atoms with Crippen molar-refractivity contribution in [3.8, 4) is 11.5 Å². The third-order valence-corrected chi connectivity index (χ3v) is 11.6. The molecule has 4 amide bonds. The highest BCUT2D eigenvalue weighted by Gasteiger charge is 2.62. The lowest BCUT2D eigenvalue weighted by Gasteiger charge is -2.44. The third kappa shape index (κ3) is 5.81. The number of imide groups is 2. The Balaban J connectivity index is 1.04. The Morgan fingerprint density at radius 2 is 1.09 bits per heavy atom. The second-order valence-corrected chi connectivity index (χ2v) is 14.6. The number of anilines is 6. The Morgan fingerprint density at radius 1 is 0.582 bits per heavy atom. The van der Waals surface area contributed by atoms with Crippen LogP contribution in [0.5, 0.6) is 11.5 Å². The van der Waals surface area contributed by atoms with Crippen LogP contribution in [0.4, 0.5) is 34.1 Å². The number of phenolic OH excluding ortho intramolecular Hbond substituents is 1. The number of fused-ring (bicyclic) bond motifs is 4. The minimum Gasteiger partial charge on any atom is -0.504 e. The van der Waals surface area contributed by atoms with Gasteiger partial charge in [-0.05, 0) is 109 Å². The number of nitrogens with one attached hydrogen (secondary N) is 2. The fourth-order valence-electron chi connectivity index (χ4n) is 9.14. The molecule has 2 aliphatic heterocycles. The molecule has 3 fully saturated rings. The highest BCUT2D eigenvalue weighted by atomic mass is 16.5. The first-order valence-corrected chi connectivity index (χ1v) is 18.5. The van der Waals surface area contributed by atoms with Crippen LogP contribution in [0.2, 0.25) is 0 Å². The normalized spacial score (nSPS) is 24.2. The first-order valence-electron chi connectivity index (χ1n) is 18.5. The summed E-state index contributed by atoms with van der Waals surface area (Å²) in [6, 6.07) is 38.8. The van der Waals surface area contributed by atoms with Gasteiger partial charge >= 0.3 is 0 Å². The van der Waals surface area contributed by atoms with Crippen LogP contribution in [0.25, 0.3) is 0 Å². The van der Waals surface area contributed by atoms with Gasteiger partial charge in [-0.1, -0.05) is 54.1 Å². The quantitative estimate of drug-likeness (QED) is 0.109. The number of hydrogen-bond acceptors (Lipinski definition) is 8. The molecule has 1 saturated carbocycles. The number of allylic oxidation sites excluding steroid dienone is 2. The van der Waals surface area contributed by atoms with Gasteiger partial charge in [0, 0.05) is 28.7 Å². The molecule has 3 N–H and O–H groups in total. The highest BCUT2D eigenvalue weighted by Crippen LogP contribution is 2.59. The first kappa shape index (κ1) is 34.1. The van der Waals surface area contributed by atoms with Gasteiger partial charge in [0.25, 0.3) is 0 Å². The van der Waals surface area contributed by atoms with Crippen LogP contribution >= 0.6 is 0 Å². The molecule has 6 atom stereocenters. The number of amides is 4. The molecule has 5 aromatic rings. The van der Waals surface area contributed by atoms with Crippen molar-refractivity contribution in [2.75, 3.05) is 27.5 Å². The van der Waals surface area contributed by atoms with Crippen molar-refractivity contribution in [2.45, 2.75) is 18.8 Å². The molecule has 2 heterocycles. The maximum Gasteiger partial charge on any atom is 0.238 e. The monoisotopic (exact) mass is 730 g/mol. The lowest BCUT2D eigenvalue weighted by atomic mass is 9.57. The smallest absolute Gasteiger partial charge is 0.238 e. The van der Waals surface area contributed by atoms with E-state index in [-0.39, 0.29) is 41.5 Å². The second kappa shape index (κ2) is 13.6. The van der Waals surface area contributed by atoms with Crippen LogP contribution in [0.3, 0.4) is 0 Å². The summed E-state index contributed by atoms with van der Waals surface area (Å²) in [6.45, 7) is 0. The number of carbonyl (C=O) groups excluding carboxylic acids is 4. The summed E-state index contributed by atoms with van der Waals surface area (Å²) in [4.78, 5) is 60.1. The first-order chi connectivity index (χ1) is 26.8. The number of hydrogen-bond donors (Lipinski definition) is 3. The van der Waals surface area contributed by atoms with E-state index in [0.29, 0.717) is 23.4 Å². The highest BCUT2D eigenvalue weighted by molar-refractivity contribution is 6.24. The number of nitrogens with zero attached hydrogens (tertiary/aromatic N) is 2. The number of aromatic hydroxyl groups is 1. The minimum atomic E-state index is -0.769. The standard InChI is InChI=1S/C45H38N4O6/c1-55-38-23-12-26(24-37(38)50)39-33-21-22-34-40(44(53)48(42(34)51)31-17-13-29(14-18-31)46-27-8-4-2-5-9-27)35(33)25-36-41(39)45(54)49(43(36)52)32-19-15-30(16-20-32)47-28-10-6-3-7-11-28/h2-21,23-24,34-36,39-41,46-47,50H,22,25H2,1H3/t34-,35+,36+,39-,40-,41+/m0/s1. The summed E-state index contributed by atoms with van der Waals surface area (Å²) >= 11 is 0. The van der Waals surface area contributed by atoms with Gasteiger partial charge in [-0.2, -0.15) is 0 Å². The summed E-state index contributed by atoms with van der Waals surface area (Å²) in [5.74, 6) is -4.95. The second-order valence-electron chi connectivity index (χ2n) is 14.6. The van der Waals surface area contributed by atoms with Crippen LogP contribution in [0.15, 0.2) is 139 Å². The predicted molar refractivity (Wildman–Crippen MR) is 209 cm³/mol. The fourth-order valence-corrected chi connectivity index (χ4v) is 9.14. The van der Waals surface area contributed by atoms with Crippen molar-refractivity contribution >= 4 is 57.8 Å². The number of benzene rings is 5. The van der Waals surface area contributed by atoms with Crippen molar-refractivity contribution in [3.63, 3.8) is 0 Å². The number of carbonyl (C=O) groups is 4. The van der Waals surface area contributed by atoms with Gasteiger partial charge in [0.05, 0.1) is 42.2 Å². The maximum absolute atomic E-state index is 14.6. The predicted octanol–water partition coefficient (Wildman–Crippen LogP) is 7.93. The van der Waals surface area contributed by atoms with Crippen LogP contribution < -0.4 is 25.2 Å². The Bertz CT molecular complexity index is 2350. The van der Waals surface area contributed by atoms with Crippen LogP contribution in [-0.2, 0) is 19.2 Å². The summed E-state index contributed by atoms with van der Waals surface area (Å²) in [6.07, 6.45) is 2.57. The minimum absolute atomic E-state index is 0.0911. The van der Waals surface area contributed by atoms with E-state index in [1.54, 1.807) is 42.5 Å². The molecule has 0 aromatic heterocycles. The third-order valence-electron chi connectivity index (χ3n) is 11.6. The fraction of sp³-hybridized carbons (Fsp3) is 0.200. The molecule has 0 spiro atoms. The molecule has 4 aliphatic rings. The van der Waals surface area contributed by atoms with E-state index in [9.17, 15) is 24.3 Å². The molecule has 274 valence electrons. The average Bonchev–Trinajstić information content (AvgIpc) is 3.62. The van der Waals surface area contributed by atoms with E-state index >= 15 is 0 Å². The summed E-state index contributed by atoms with van der Waals surface area (Å²) < 4.78 is 5.32. The van der Waals surface area contributed by atoms with Crippen LogP contribution in [0.1, 0.15) is 24.3 Å². The largest absolute Gasteiger partial charge is 0.504 e. The van der Waals surface area contributed by atoms with Gasteiger partial charge in [0.15, 0.2) is 11.5 Å². The summed E-state index contributed by atoms with van der Waals surface area (Å²) in [5.41, 5.74) is 5.87. The Kier molecular flexibility index (Phi) is 8.45. The molecule has 0 bridgehead atoms. The van der Waals surface area contributed by atoms with Gasteiger partial charge in [-0.25, -0.2) is 0 Å². The molecule has 2 saturated heterocycles. The topological polar surface area (TPSA) is 128 Å². The van der Waals surface area contributed by atoms with Gasteiger partial charge in [0.1, 0.15) is 0 Å². The van der Waals surface area contributed by atoms with Crippen molar-refractivity contribution in [1.29, 1.82) is 0 Å². The number of rotatable bonds is 8. The molecule has 0 unspecified atom stereocenters. The Labute approximate surface area is 318 Å². The molecule has 10 nitrogen and oxygen atoms in total. The van der Waals surface area contributed by atoms with Gasteiger partial charge in [0.2, 0.25) is 23.6 Å². The van der Waals surface area contributed by atoms with Crippen molar-refractivity contribution < 1.29 is 29.0 Å². The molecule has 55 heavy (non-hydrogen) atoms. The van der Waals surface area contributed by atoms with Crippen molar-refractivity contribution in [2.24, 2.45) is 29.6 Å². The summed E-state index contributed by atoms with van der Waals surface area (Å²) in [5, 5.41) is 17.6. The van der Waals surface area contributed by atoms with Gasteiger partial charge in [-0.15, -0.1) is 0 Å². The average molecular weight is 731 g/mol. The number of methoxy groups -OCH3 is 1. The zero-order chi connectivity index (χ0) is 37.8. The molecule has 9 rings (SSSR count). The van der Waals surface area contributed by atoms with Crippen LogP contribution in [0, 0.1) is 29.6 Å². The lowest BCUT2D eigenvalue weighted by molar-refractivity contribution is -0.126. The van der Waals surface area contributed by atoms with E-state index in [4.69, 9.17) is 4.74 Å². The van der Waals surface area contributed by atoms with Crippen molar-refractivity contribution in [3.05, 3.63) is 145 Å². The molecule has 2 aliphatic carbocycles. The zero-order valence-electron chi connectivity index (χ0n) is 30.0. The maximum atomic E-state index is 14.6. The zero-order valence-corrected chi connectivity index (χ0v) is 30.0. The van der Waals surface area contributed by atoms with Crippen molar-refractivity contribution in [1.82, 2.24) is 0 Å². The molecular formula is C45H38N4O6. The molecular weight excluding hydrogens is 693 g/mol. The molecule has 5 aromatic carbocycles. The SMILES string of the molecule is COc1ccc([C@H]2C3=CC[C@@H]4C(=O)N(c5ccc(Nc6ccccc6)cc5)C(=O)[C@@H]4[C@@H]3C[C@H]3C(=O)N(c4ccc(Nc5ccccc5)cc4)C(=O)[C@@H]23)cc1O. The van der Waals surface area contributed by atoms with Gasteiger partial charge < -0.3 is 20.5 Å². The van der Waals surface area contributed by atoms with Gasteiger partial charge in [-0.3, -0.25) is 29.0 Å². The number of ether oxygens (including phenoxy) is 1. The van der Waals surface area contributed by atoms with E-state index in [1.807, 2.05) is 91.0 Å². The summed E-state index contributed by atoms with van der Waals surface area (Å²) in [7, 11) is 1.46. The Hall–Kier alpha value is -6.68. The molecule has 10 heteroatoms. The number of para-hydroxylation sites is 2. The van der Waals surface area contributed by atoms with E-state index in [0.717, 1.165) is 28.3 Å². The lowest BCUT2D eigenvalue weighted by Crippen LogP contribution is -2.43.